The van der Waals surface area contributed by atoms with Gasteiger partial charge in [0.05, 0.1) is 7.11 Å². The molecule has 2 aromatic carbocycles. The zero-order chi connectivity index (χ0) is 17.8. The summed E-state index contributed by atoms with van der Waals surface area (Å²) in [6.07, 6.45) is 1.85. The van der Waals surface area contributed by atoms with Crippen molar-refractivity contribution >= 4 is 17.5 Å². The van der Waals surface area contributed by atoms with Crippen LogP contribution in [0.25, 0.3) is 0 Å². The van der Waals surface area contributed by atoms with Gasteiger partial charge in [-0.05, 0) is 61.2 Å². The van der Waals surface area contributed by atoms with Crippen LogP contribution < -0.4 is 14.8 Å². The first-order valence-corrected chi connectivity index (χ1v) is 8.81. The van der Waals surface area contributed by atoms with Crippen molar-refractivity contribution in [2.75, 3.05) is 7.11 Å². The molecular weight excluding hydrogens is 338 g/mol. The zero-order valence-corrected chi connectivity index (χ0v) is 15.2. The van der Waals surface area contributed by atoms with E-state index in [2.05, 4.69) is 5.32 Å². The van der Waals surface area contributed by atoms with Gasteiger partial charge in [-0.15, -0.1) is 0 Å². The van der Waals surface area contributed by atoms with E-state index in [0.717, 1.165) is 29.9 Å². The van der Waals surface area contributed by atoms with Crippen LogP contribution in [-0.2, 0) is 17.6 Å². The molecule has 1 amide bonds. The van der Waals surface area contributed by atoms with Crippen LogP contribution >= 0.6 is 11.6 Å². The fourth-order valence-corrected chi connectivity index (χ4v) is 3.14. The first-order chi connectivity index (χ1) is 12.0. The molecule has 1 N–H and O–H groups in total. The number of benzene rings is 2. The molecule has 3 rings (SSSR count). The monoisotopic (exact) mass is 359 g/mol. The van der Waals surface area contributed by atoms with Crippen molar-refractivity contribution in [2.45, 2.75) is 38.3 Å². The third-order valence-corrected chi connectivity index (χ3v) is 4.64. The summed E-state index contributed by atoms with van der Waals surface area (Å²) in [7, 11) is 1.66. The van der Waals surface area contributed by atoms with Gasteiger partial charge in [-0.2, -0.15) is 0 Å². The molecule has 0 aliphatic carbocycles. The fourth-order valence-electron chi connectivity index (χ4n) is 2.95. The highest BCUT2D eigenvalue weighted by Gasteiger charge is 2.29. The maximum Gasteiger partial charge on any atom is 0.261 e. The summed E-state index contributed by atoms with van der Waals surface area (Å²) in [5, 5.41) is 3.71. The summed E-state index contributed by atoms with van der Waals surface area (Å²) in [6.45, 7) is 2.01. The van der Waals surface area contributed by atoms with E-state index in [1.807, 2.05) is 43.3 Å². The fraction of sp³-hybridized carbons (Fsp3) is 0.350. The Kier molecular flexibility index (Phi) is 5.49. The van der Waals surface area contributed by atoms with E-state index in [9.17, 15) is 4.79 Å². The average molecular weight is 360 g/mol. The number of carbonyl (C=O) groups is 1. The van der Waals surface area contributed by atoms with Crippen LogP contribution in [0.4, 0.5) is 0 Å². The topological polar surface area (TPSA) is 47.6 Å². The first-order valence-electron chi connectivity index (χ1n) is 8.43. The lowest BCUT2D eigenvalue weighted by molar-refractivity contribution is -0.127. The second kappa shape index (κ2) is 7.79. The van der Waals surface area contributed by atoms with E-state index in [1.54, 1.807) is 13.2 Å². The normalized spacial score (nSPS) is 16.7. The van der Waals surface area contributed by atoms with Crippen LogP contribution in [0.15, 0.2) is 42.5 Å². The van der Waals surface area contributed by atoms with Gasteiger partial charge in [-0.1, -0.05) is 23.7 Å². The van der Waals surface area contributed by atoms with Crippen LogP contribution in [0.5, 0.6) is 11.5 Å². The van der Waals surface area contributed by atoms with Crippen LogP contribution in [0.1, 0.15) is 24.5 Å². The number of halogens is 1. The number of rotatable bonds is 6. The standard InChI is InChI=1S/C20H22ClNO3/c1-13(3-4-14-5-8-17(24-2)9-6-14)22-20(23)19-12-15-11-16(21)7-10-18(15)25-19/h5-11,13,19H,3-4,12H2,1-2H3,(H,22,23). The van der Waals surface area contributed by atoms with Crippen molar-refractivity contribution < 1.29 is 14.3 Å². The summed E-state index contributed by atoms with van der Waals surface area (Å²) in [6, 6.07) is 13.5. The Morgan fingerprint density at radius 1 is 1.32 bits per heavy atom. The van der Waals surface area contributed by atoms with Crippen molar-refractivity contribution in [3.63, 3.8) is 0 Å². The lowest BCUT2D eigenvalue weighted by Gasteiger charge is -2.17. The SMILES string of the molecule is COc1ccc(CCC(C)NC(=O)C2Cc3cc(Cl)ccc3O2)cc1. The largest absolute Gasteiger partial charge is 0.497 e. The number of methoxy groups -OCH3 is 1. The second-order valence-corrected chi connectivity index (χ2v) is 6.80. The Hall–Kier alpha value is -2.20. The maximum atomic E-state index is 12.4. The van der Waals surface area contributed by atoms with Gasteiger partial charge in [0.15, 0.2) is 6.10 Å². The highest BCUT2D eigenvalue weighted by atomic mass is 35.5. The Labute approximate surface area is 153 Å². The van der Waals surface area contributed by atoms with Crippen molar-refractivity contribution in [2.24, 2.45) is 0 Å². The highest BCUT2D eigenvalue weighted by Crippen LogP contribution is 2.31. The predicted octanol–water partition coefficient (Wildman–Crippen LogP) is 3.79. The Morgan fingerprint density at radius 2 is 2.08 bits per heavy atom. The summed E-state index contributed by atoms with van der Waals surface area (Å²) < 4.78 is 10.9. The minimum Gasteiger partial charge on any atom is -0.497 e. The van der Waals surface area contributed by atoms with Gasteiger partial charge in [0.25, 0.3) is 5.91 Å². The molecule has 5 heteroatoms. The highest BCUT2D eigenvalue weighted by molar-refractivity contribution is 6.30. The van der Waals surface area contributed by atoms with Gasteiger partial charge in [-0.3, -0.25) is 4.79 Å². The van der Waals surface area contributed by atoms with Gasteiger partial charge in [0.2, 0.25) is 0 Å². The average Bonchev–Trinajstić information content (AvgIpc) is 3.03. The molecule has 0 bridgehead atoms. The summed E-state index contributed by atoms with van der Waals surface area (Å²) in [5.41, 5.74) is 2.21. The summed E-state index contributed by atoms with van der Waals surface area (Å²) in [4.78, 5) is 12.4. The van der Waals surface area contributed by atoms with Gasteiger partial charge >= 0.3 is 0 Å². The molecule has 2 unspecified atom stereocenters. The molecular formula is C20H22ClNO3. The lowest BCUT2D eigenvalue weighted by Crippen LogP contribution is -2.42. The molecule has 25 heavy (non-hydrogen) atoms. The maximum absolute atomic E-state index is 12.4. The molecule has 132 valence electrons. The number of hydrogen-bond donors (Lipinski definition) is 1. The van der Waals surface area contributed by atoms with Crippen molar-refractivity contribution in [1.82, 2.24) is 5.32 Å². The number of hydrogen-bond acceptors (Lipinski definition) is 3. The van der Waals surface area contributed by atoms with Crippen molar-refractivity contribution in [1.29, 1.82) is 0 Å². The number of fused-ring (bicyclic) bond motifs is 1. The van der Waals surface area contributed by atoms with Crippen LogP contribution in [0.3, 0.4) is 0 Å². The molecule has 0 radical (unpaired) electrons. The van der Waals surface area contributed by atoms with Gasteiger partial charge < -0.3 is 14.8 Å². The van der Waals surface area contributed by atoms with E-state index in [-0.39, 0.29) is 11.9 Å². The minimum absolute atomic E-state index is 0.0745. The number of nitrogens with one attached hydrogen (secondary N) is 1. The number of ether oxygens (including phenoxy) is 2. The summed E-state index contributed by atoms with van der Waals surface area (Å²) >= 11 is 5.99. The van der Waals surface area contributed by atoms with E-state index < -0.39 is 6.10 Å². The van der Waals surface area contributed by atoms with Crippen molar-refractivity contribution in [3.05, 3.63) is 58.6 Å². The Morgan fingerprint density at radius 3 is 2.80 bits per heavy atom. The molecule has 0 saturated heterocycles. The number of aryl methyl sites for hydroxylation is 1. The number of carbonyl (C=O) groups excluding carboxylic acids is 1. The van der Waals surface area contributed by atoms with Gasteiger partial charge in [-0.25, -0.2) is 0 Å². The molecule has 0 fully saturated rings. The third-order valence-electron chi connectivity index (χ3n) is 4.40. The third kappa shape index (κ3) is 4.45. The Balaban J connectivity index is 1.48. The molecule has 2 aromatic rings. The van der Waals surface area contributed by atoms with Crippen LogP contribution in [0.2, 0.25) is 5.02 Å². The lowest BCUT2D eigenvalue weighted by atomic mass is 10.1. The van der Waals surface area contributed by atoms with Gasteiger partial charge in [0, 0.05) is 17.5 Å². The smallest absolute Gasteiger partial charge is 0.261 e. The molecule has 0 aromatic heterocycles. The Bertz CT molecular complexity index is 745. The molecule has 1 aliphatic heterocycles. The predicted molar refractivity (Wildman–Crippen MR) is 98.5 cm³/mol. The van der Waals surface area contributed by atoms with Crippen molar-refractivity contribution in [3.8, 4) is 11.5 Å². The molecule has 4 nitrogen and oxygen atoms in total. The molecule has 0 saturated carbocycles. The van der Waals surface area contributed by atoms with E-state index >= 15 is 0 Å². The molecule has 0 spiro atoms. The van der Waals surface area contributed by atoms with Crippen LogP contribution in [0, 0.1) is 0 Å². The van der Waals surface area contributed by atoms with E-state index in [4.69, 9.17) is 21.1 Å². The summed E-state index contributed by atoms with van der Waals surface area (Å²) in [5.74, 6) is 1.52. The molecule has 1 heterocycles. The first kappa shape index (κ1) is 17.6. The van der Waals surface area contributed by atoms with Crippen LogP contribution in [-0.4, -0.2) is 25.2 Å². The number of amides is 1. The zero-order valence-electron chi connectivity index (χ0n) is 14.4. The molecule has 1 aliphatic rings. The minimum atomic E-state index is -0.475. The second-order valence-electron chi connectivity index (χ2n) is 6.36. The van der Waals surface area contributed by atoms with E-state index in [0.29, 0.717) is 11.4 Å². The van der Waals surface area contributed by atoms with E-state index in [1.165, 1.54) is 5.56 Å². The molecule has 2 atom stereocenters. The van der Waals surface area contributed by atoms with Gasteiger partial charge in [0.1, 0.15) is 11.5 Å². The quantitative estimate of drug-likeness (QED) is 0.853.